The van der Waals surface area contributed by atoms with Crippen molar-refractivity contribution < 1.29 is 4.79 Å². The maximum Gasteiger partial charge on any atom is 0.220 e. The highest BCUT2D eigenvalue weighted by Gasteiger charge is 2.17. The van der Waals surface area contributed by atoms with Crippen molar-refractivity contribution in [2.24, 2.45) is 18.0 Å². The fourth-order valence-corrected chi connectivity index (χ4v) is 4.05. The Bertz CT molecular complexity index is 667. The van der Waals surface area contributed by atoms with Gasteiger partial charge in [-0.1, -0.05) is 33.1 Å². The van der Waals surface area contributed by atoms with Crippen LogP contribution in [0, 0.1) is 5.92 Å². The molecule has 1 fully saturated rings. The van der Waals surface area contributed by atoms with Crippen molar-refractivity contribution in [2.45, 2.75) is 71.8 Å². The summed E-state index contributed by atoms with van der Waals surface area (Å²) < 4.78 is 1.88. The number of aliphatic imine (C=N–C) groups is 1. The quantitative estimate of drug-likeness (QED) is 0.221. The van der Waals surface area contributed by atoms with Crippen LogP contribution in [0.4, 0.5) is 0 Å². The summed E-state index contributed by atoms with van der Waals surface area (Å²) in [5.74, 6) is 1.99. The molecule has 0 bridgehead atoms. The third-order valence-corrected chi connectivity index (χ3v) is 5.48. The van der Waals surface area contributed by atoms with Crippen LogP contribution in [0.15, 0.2) is 11.2 Å². The van der Waals surface area contributed by atoms with Gasteiger partial charge in [-0.3, -0.25) is 14.5 Å². The summed E-state index contributed by atoms with van der Waals surface area (Å²) in [6, 6.07) is 0. The minimum absolute atomic E-state index is 0. The third-order valence-electron chi connectivity index (χ3n) is 5.48. The molecule has 30 heavy (non-hydrogen) atoms. The highest BCUT2D eigenvalue weighted by molar-refractivity contribution is 14.0. The molecule has 1 aromatic heterocycles. The number of rotatable bonds is 9. The van der Waals surface area contributed by atoms with Gasteiger partial charge in [-0.25, -0.2) is 0 Å². The fourth-order valence-electron chi connectivity index (χ4n) is 4.05. The molecule has 1 saturated carbocycles. The summed E-state index contributed by atoms with van der Waals surface area (Å²) in [5.41, 5.74) is 2.35. The van der Waals surface area contributed by atoms with E-state index >= 15 is 0 Å². The van der Waals surface area contributed by atoms with Gasteiger partial charge in [-0.15, -0.1) is 24.0 Å². The molecule has 7 nitrogen and oxygen atoms in total. The predicted molar refractivity (Wildman–Crippen MR) is 134 cm³/mol. The number of hydrogen-bond acceptors (Lipinski definition) is 3. The second kappa shape index (κ2) is 13.9. The van der Waals surface area contributed by atoms with Crippen LogP contribution >= 0.6 is 24.0 Å². The zero-order valence-corrected chi connectivity index (χ0v) is 21.7. The number of guanidine groups is 1. The summed E-state index contributed by atoms with van der Waals surface area (Å²) in [6.45, 7) is 9.12. The molecule has 0 unspecified atom stereocenters. The van der Waals surface area contributed by atoms with E-state index in [-0.39, 0.29) is 29.9 Å². The highest BCUT2D eigenvalue weighted by atomic mass is 127. The van der Waals surface area contributed by atoms with Crippen LogP contribution < -0.4 is 10.6 Å². The molecule has 1 aliphatic rings. The number of hydrogen-bond donors (Lipinski definition) is 2. The topological polar surface area (TPSA) is 74.6 Å². The maximum absolute atomic E-state index is 12.2. The van der Waals surface area contributed by atoms with Crippen molar-refractivity contribution in [3.05, 3.63) is 17.5 Å². The van der Waals surface area contributed by atoms with Crippen LogP contribution in [-0.4, -0.2) is 53.2 Å². The van der Waals surface area contributed by atoms with Crippen LogP contribution in [0.5, 0.6) is 0 Å². The lowest BCUT2D eigenvalue weighted by molar-refractivity contribution is -0.122. The SMILES string of the molecule is CCNC(=NCCNC(=O)CC1CCCCC1)N(C)Cc1cn(C)nc1C(C)C.I. The Morgan fingerprint density at radius 2 is 2.00 bits per heavy atom. The monoisotopic (exact) mass is 532 g/mol. The van der Waals surface area contributed by atoms with Gasteiger partial charge in [-0.2, -0.15) is 5.10 Å². The molecule has 0 saturated heterocycles. The van der Waals surface area contributed by atoms with Crippen LogP contribution in [0.3, 0.4) is 0 Å². The van der Waals surface area contributed by atoms with Gasteiger partial charge in [0.25, 0.3) is 0 Å². The Labute approximate surface area is 199 Å². The standard InChI is InChI=1S/C22H40N6O.HI/c1-6-23-22(27(4)15-19-16-28(5)26-21(19)17(2)3)25-13-12-24-20(29)14-18-10-8-7-9-11-18;/h16-18H,6-15H2,1-5H3,(H,23,25)(H,24,29);1H. The molecule has 0 spiro atoms. The minimum Gasteiger partial charge on any atom is -0.357 e. The number of carbonyl (C=O) groups excluding carboxylic acids is 1. The molecule has 2 rings (SSSR count). The average molecular weight is 533 g/mol. The Hall–Kier alpha value is -1.32. The summed E-state index contributed by atoms with van der Waals surface area (Å²) >= 11 is 0. The summed E-state index contributed by atoms with van der Waals surface area (Å²) in [5, 5.41) is 11.0. The Morgan fingerprint density at radius 3 is 2.63 bits per heavy atom. The molecule has 1 aromatic rings. The lowest BCUT2D eigenvalue weighted by Gasteiger charge is -2.22. The summed E-state index contributed by atoms with van der Waals surface area (Å²) in [7, 11) is 4.00. The van der Waals surface area contributed by atoms with Gasteiger partial charge < -0.3 is 15.5 Å². The molecule has 172 valence electrons. The first-order valence-corrected chi connectivity index (χ1v) is 11.2. The lowest BCUT2D eigenvalue weighted by Crippen LogP contribution is -2.39. The van der Waals surface area contributed by atoms with Gasteiger partial charge in [0.2, 0.25) is 5.91 Å². The Balaban J connectivity index is 0.00000450. The van der Waals surface area contributed by atoms with Gasteiger partial charge in [-0.05, 0) is 31.6 Å². The Kier molecular flexibility index (Phi) is 12.4. The largest absolute Gasteiger partial charge is 0.357 e. The second-order valence-electron chi connectivity index (χ2n) is 8.52. The lowest BCUT2D eigenvalue weighted by atomic mass is 9.87. The van der Waals surface area contributed by atoms with Crippen molar-refractivity contribution in [1.82, 2.24) is 25.3 Å². The molecule has 1 amide bonds. The molecule has 1 heterocycles. The molecule has 0 aliphatic heterocycles. The van der Waals surface area contributed by atoms with Crippen molar-refractivity contribution in [3.63, 3.8) is 0 Å². The number of amides is 1. The molecule has 0 aromatic carbocycles. The van der Waals surface area contributed by atoms with Crippen LogP contribution in [0.2, 0.25) is 0 Å². The second-order valence-corrected chi connectivity index (χ2v) is 8.52. The van der Waals surface area contributed by atoms with E-state index in [9.17, 15) is 4.79 Å². The normalized spacial score (nSPS) is 15.1. The number of carbonyl (C=O) groups is 1. The summed E-state index contributed by atoms with van der Waals surface area (Å²) in [6.07, 6.45) is 9.03. The average Bonchev–Trinajstić information content (AvgIpc) is 3.05. The number of halogens is 1. The fraction of sp³-hybridized carbons (Fsp3) is 0.773. The van der Waals surface area contributed by atoms with E-state index in [2.05, 4.69) is 47.6 Å². The van der Waals surface area contributed by atoms with Gasteiger partial charge in [0.1, 0.15) is 0 Å². The van der Waals surface area contributed by atoms with Gasteiger partial charge >= 0.3 is 0 Å². The first-order chi connectivity index (χ1) is 13.9. The van der Waals surface area contributed by atoms with E-state index < -0.39 is 0 Å². The van der Waals surface area contributed by atoms with Crippen molar-refractivity contribution in [2.75, 3.05) is 26.7 Å². The van der Waals surface area contributed by atoms with Crippen LogP contribution in [0.1, 0.15) is 76.5 Å². The van der Waals surface area contributed by atoms with Crippen molar-refractivity contribution in [1.29, 1.82) is 0 Å². The van der Waals surface area contributed by atoms with Crippen LogP contribution in [0.25, 0.3) is 0 Å². The number of aryl methyl sites for hydroxylation is 1. The van der Waals surface area contributed by atoms with Crippen LogP contribution in [-0.2, 0) is 18.4 Å². The van der Waals surface area contributed by atoms with E-state index in [1.807, 2.05) is 18.8 Å². The first-order valence-electron chi connectivity index (χ1n) is 11.2. The van der Waals surface area contributed by atoms with Gasteiger partial charge in [0.05, 0.1) is 12.2 Å². The number of nitrogens with zero attached hydrogens (tertiary/aromatic N) is 4. The Morgan fingerprint density at radius 1 is 1.30 bits per heavy atom. The first kappa shape index (κ1) is 26.7. The van der Waals surface area contributed by atoms with Gasteiger partial charge in [0, 0.05) is 51.9 Å². The van der Waals surface area contributed by atoms with E-state index in [4.69, 9.17) is 4.99 Å². The zero-order chi connectivity index (χ0) is 21.2. The molecule has 0 radical (unpaired) electrons. The number of nitrogens with one attached hydrogen (secondary N) is 2. The van der Waals surface area contributed by atoms with E-state index in [1.165, 1.54) is 37.7 Å². The molecular formula is C22H41IN6O. The minimum atomic E-state index is 0. The molecule has 0 atom stereocenters. The van der Waals surface area contributed by atoms with Crippen molar-refractivity contribution >= 4 is 35.8 Å². The molecule has 8 heteroatoms. The molecule has 2 N–H and O–H groups in total. The maximum atomic E-state index is 12.2. The highest BCUT2D eigenvalue weighted by Crippen LogP contribution is 2.26. The van der Waals surface area contributed by atoms with Gasteiger partial charge in [0.15, 0.2) is 5.96 Å². The van der Waals surface area contributed by atoms with E-state index in [0.29, 0.717) is 31.3 Å². The predicted octanol–water partition coefficient (Wildman–Crippen LogP) is 3.65. The molecular weight excluding hydrogens is 491 g/mol. The van der Waals surface area contributed by atoms with E-state index in [0.717, 1.165) is 24.7 Å². The smallest absolute Gasteiger partial charge is 0.220 e. The van der Waals surface area contributed by atoms with E-state index in [1.54, 1.807) is 0 Å². The molecule has 1 aliphatic carbocycles. The zero-order valence-electron chi connectivity index (χ0n) is 19.4. The third kappa shape index (κ3) is 8.81. The summed E-state index contributed by atoms with van der Waals surface area (Å²) in [4.78, 5) is 19.0. The number of aromatic nitrogens is 2. The van der Waals surface area contributed by atoms with Crippen molar-refractivity contribution in [3.8, 4) is 0 Å².